The molecule has 1 aromatic carbocycles. The van der Waals surface area contributed by atoms with E-state index >= 15 is 0 Å². The standard InChI is InChI=1S/C16H19N3O2S/c1-11-8-19(14(11)12-6-4-3-5-7-12)16(20)18-15-17-13(9-21-2)10-22-15/h3-7,10-11,14H,8-9H2,1-2H3,(H,17,18,20)/t11-,14+/m0/s1. The van der Waals surface area contributed by atoms with Gasteiger partial charge in [-0.25, -0.2) is 9.78 Å². The molecular weight excluding hydrogens is 298 g/mol. The number of carbonyl (C=O) groups is 1. The number of rotatable bonds is 4. The third-order valence-electron chi connectivity index (χ3n) is 3.82. The highest BCUT2D eigenvalue weighted by Crippen LogP contribution is 2.38. The van der Waals surface area contributed by atoms with Gasteiger partial charge in [-0.1, -0.05) is 37.3 Å². The number of likely N-dealkylation sites (tertiary alicyclic amines) is 1. The average molecular weight is 317 g/mol. The number of benzene rings is 1. The largest absolute Gasteiger partial charge is 0.378 e. The molecule has 0 unspecified atom stereocenters. The zero-order chi connectivity index (χ0) is 15.5. The molecular formula is C16H19N3O2S. The third-order valence-corrected chi connectivity index (χ3v) is 4.63. The first kappa shape index (κ1) is 15.0. The van der Waals surface area contributed by atoms with Crippen molar-refractivity contribution in [3.8, 4) is 0 Å². The molecule has 22 heavy (non-hydrogen) atoms. The molecule has 2 heterocycles. The molecule has 2 aromatic rings. The summed E-state index contributed by atoms with van der Waals surface area (Å²) in [7, 11) is 1.63. The van der Waals surface area contributed by atoms with E-state index in [0.717, 1.165) is 12.2 Å². The first-order valence-electron chi connectivity index (χ1n) is 7.25. The van der Waals surface area contributed by atoms with Crippen LogP contribution in [0.5, 0.6) is 0 Å². The maximum absolute atomic E-state index is 12.4. The Morgan fingerprint density at radius 1 is 1.45 bits per heavy atom. The highest BCUT2D eigenvalue weighted by molar-refractivity contribution is 7.13. The van der Waals surface area contributed by atoms with E-state index < -0.39 is 0 Å². The van der Waals surface area contributed by atoms with Gasteiger partial charge in [-0.2, -0.15) is 0 Å². The smallest absolute Gasteiger partial charge is 0.324 e. The second kappa shape index (κ2) is 6.46. The number of aromatic nitrogens is 1. The van der Waals surface area contributed by atoms with Crippen LogP contribution in [0.15, 0.2) is 35.7 Å². The minimum absolute atomic E-state index is 0.0923. The van der Waals surface area contributed by atoms with E-state index in [2.05, 4.69) is 29.4 Å². The van der Waals surface area contributed by atoms with Crippen LogP contribution in [-0.2, 0) is 11.3 Å². The normalized spacial score (nSPS) is 20.5. The summed E-state index contributed by atoms with van der Waals surface area (Å²) < 4.78 is 5.04. The van der Waals surface area contributed by atoms with E-state index in [9.17, 15) is 4.79 Å². The molecule has 2 atom stereocenters. The Kier molecular flexibility index (Phi) is 4.40. The number of nitrogens with zero attached hydrogens (tertiary/aromatic N) is 2. The number of amides is 2. The van der Waals surface area contributed by atoms with Crippen LogP contribution in [0, 0.1) is 5.92 Å². The minimum Gasteiger partial charge on any atom is -0.378 e. The molecule has 2 amide bonds. The zero-order valence-electron chi connectivity index (χ0n) is 12.7. The van der Waals surface area contributed by atoms with Crippen LogP contribution in [0.2, 0.25) is 0 Å². The average Bonchev–Trinajstić information content (AvgIpc) is 2.93. The Morgan fingerprint density at radius 2 is 2.23 bits per heavy atom. The molecule has 1 saturated heterocycles. The number of ether oxygens (including phenoxy) is 1. The number of hydrogen-bond donors (Lipinski definition) is 1. The molecule has 1 aliphatic heterocycles. The van der Waals surface area contributed by atoms with E-state index in [1.54, 1.807) is 7.11 Å². The van der Waals surface area contributed by atoms with Crippen molar-refractivity contribution in [2.45, 2.75) is 19.6 Å². The lowest BCUT2D eigenvalue weighted by Gasteiger charge is -2.46. The Balaban J connectivity index is 1.67. The number of thiazole rings is 1. The van der Waals surface area contributed by atoms with Crippen molar-refractivity contribution >= 4 is 22.5 Å². The second-order valence-corrected chi connectivity index (χ2v) is 6.35. The fourth-order valence-corrected chi connectivity index (χ4v) is 3.49. The summed E-state index contributed by atoms with van der Waals surface area (Å²) in [5.41, 5.74) is 2.01. The van der Waals surface area contributed by atoms with Gasteiger partial charge in [-0.15, -0.1) is 11.3 Å². The van der Waals surface area contributed by atoms with Crippen molar-refractivity contribution in [2.24, 2.45) is 5.92 Å². The Morgan fingerprint density at radius 3 is 2.91 bits per heavy atom. The van der Waals surface area contributed by atoms with Crippen molar-refractivity contribution in [3.63, 3.8) is 0 Å². The maximum atomic E-state index is 12.4. The third kappa shape index (κ3) is 2.98. The van der Waals surface area contributed by atoms with E-state index in [1.165, 1.54) is 16.9 Å². The molecule has 1 fully saturated rings. The topological polar surface area (TPSA) is 54.5 Å². The van der Waals surface area contributed by atoms with Crippen molar-refractivity contribution in [2.75, 3.05) is 19.0 Å². The van der Waals surface area contributed by atoms with Crippen LogP contribution in [0.25, 0.3) is 0 Å². The van der Waals surface area contributed by atoms with Crippen LogP contribution >= 0.6 is 11.3 Å². The summed E-state index contributed by atoms with van der Waals surface area (Å²) in [4.78, 5) is 18.6. The van der Waals surface area contributed by atoms with Crippen LogP contribution < -0.4 is 5.32 Å². The van der Waals surface area contributed by atoms with Crippen molar-refractivity contribution < 1.29 is 9.53 Å². The van der Waals surface area contributed by atoms with Crippen molar-refractivity contribution in [3.05, 3.63) is 47.0 Å². The van der Waals surface area contributed by atoms with Gasteiger partial charge in [-0.3, -0.25) is 5.32 Å². The minimum atomic E-state index is -0.0923. The van der Waals surface area contributed by atoms with E-state index in [-0.39, 0.29) is 12.1 Å². The molecule has 5 nitrogen and oxygen atoms in total. The summed E-state index contributed by atoms with van der Waals surface area (Å²) >= 11 is 1.42. The van der Waals surface area contributed by atoms with Gasteiger partial charge in [0, 0.05) is 19.0 Å². The van der Waals surface area contributed by atoms with Gasteiger partial charge in [0.05, 0.1) is 18.3 Å². The number of urea groups is 1. The van der Waals surface area contributed by atoms with E-state index in [0.29, 0.717) is 17.7 Å². The Hall–Kier alpha value is -1.92. The van der Waals surface area contributed by atoms with Gasteiger partial charge >= 0.3 is 6.03 Å². The summed E-state index contributed by atoms with van der Waals surface area (Å²) in [6, 6.07) is 10.2. The highest BCUT2D eigenvalue weighted by Gasteiger charge is 2.40. The van der Waals surface area contributed by atoms with Gasteiger partial charge in [0.15, 0.2) is 5.13 Å². The first-order valence-corrected chi connectivity index (χ1v) is 8.13. The first-order chi connectivity index (χ1) is 10.7. The van der Waals surface area contributed by atoms with Crippen LogP contribution in [0.4, 0.5) is 9.93 Å². The lowest BCUT2D eigenvalue weighted by molar-refractivity contribution is 0.0671. The molecule has 0 saturated carbocycles. The summed E-state index contributed by atoms with van der Waals surface area (Å²) in [5, 5.41) is 5.39. The van der Waals surface area contributed by atoms with Gasteiger partial charge in [0.25, 0.3) is 0 Å². The molecule has 0 spiro atoms. The molecule has 0 radical (unpaired) electrons. The van der Waals surface area contributed by atoms with Crippen LogP contribution in [-0.4, -0.2) is 29.6 Å². The van der Waals surface area contributed by atoms with E-state index in [1.807, 2.05) is 28.5 Å². The quantitative estimate of drug-likeness (QED) is 0.939. The lowest BCUT2D eigenvalue weighted by atomic mass is 9.85. The molecule has 1 aromatic heterocycles. The van der Waals surface area contributed by atoms with Crippen LogP contribution in [0.1, 0.15) is 24.2 Å². The number of anilines is 1. The monoisotopic (exact) mass is 317 g/mol. The summed E-state index contributed by atoms with van der Waals surface area (Å²) in [5.74, 6) is 0.466. The van der Waals surface area contributed by atoms with Gasteiger partial charge in [0.1, 0.15) is 0 Å². The zero-order valence-corrected chi connectivity index (χ0v) is 13.5. The van der Waals surface area contributed by atoms with Crippen molar-refractivity contribution in [1.29, 1.82) is 0 Å². The predicted octanol–water partition coefficient (Wildman–Crippen LogP) is 3.51. The molecule has 3 rings (SSSR count). The second-order valence-electron chi connectivity index (χ2n) is 5.49. The highest BCUT2D eigenvalue weighted by atomic mass is 32.1. The summed E-state index contributed by atoms with van der Waals surface area (Å²) in [6.45, 7) is 3.39. The fourth-order valence-electron chi connectivity index (χ4n) is 2.80. The number of nitrogens with one attached hydrogen (secondary N) is 1. The van der Waals surface area contributed by atoms with Crippen molar-refractivity contribution in [1.82, 2.24) is 9.88 Å². The molecule has 116 valence electrons. The van der Waals surface area contributed by atoms with Crippen LogP contribution in [0.3, 0.4) is 0 Å². The molecule has 0 aliphatic carbocycles. The fraction of sp³-hybridized carbons (Fsp3) is 0.375. The van der Waals surface area contributed by atoms with E-state index in [4.69, 9.17) is 4.74 Å². The SMILES string of the molecule is COCc1csc(NC(=O)N2C[C@H](C)[C@@H]2c2ccccc2)n1. The van der Waals surface area contributed by atoms with Gasteiger partial charge in [0.2, 0.25) is 0 Å². The summed E-state index contributed by atoms with van der Waals surface area (Å²) in [6.07, 6.45) is 0. The van der Waals surface area contributed by atoms with Gasteiger partial charge in [-0.05, 0) is 11.5 Å². The molecule has 6 heteroatoms. The lowest BCUT2D eigenvalue weighted by Crippen LogP contribution is -2.53. The maximum Gasteiger partial charge on any atom is 0.324 e. The molecule has 1 aliphatic rings. The number of hydrogen-bond acceptors (Lipinski definition) is 4. The Labute approximate surface area is 133 Å². The van der Waals surface area contributed by atoms with Gasteiger partial charge < -0.3 is 9.64 Å². The molecule has 1 N–H and O–H groups in total. The molecule has 0 bridgehead atoms. The number of methoxy groups -OCH3 is 1. The Bertz CT molecular complexity index is 644. The number of carbonyl (C=O) groups excluding carboxylic acids is 1. The predicted molar refractivity (Wildman–Crippen MR) is 86.9 cm³/mol.